The van der Waals surface area contributed by atoms with Crippen LogP contribution >= 0.6 is 11.8 Å². The number of hydrogen-bond donors (Lipinski definition) is 1. The van der Waals surface area contributed by atoms with Gasteiger partial charge in [-0.1, -0.05) is 34.1 Å². The molecule has 2 unspecified atom stereocenters. The Hall–Kier alpha value is -0.900. The van der Waals surface area contributed by atoms with Crippen molar-refractivity contribution in [1.82, 2.24) is 5.32 Å². The monoisotopic (exact) mass is 403 g/mol. The number of hydrogen-bond acceptors (Lipinski definition) is 3. The Morgan fingerprint density at radius 1 is 1.14 bits per heavy atom. The van der Waals surface area contributed by atoms with E-state index >= 15 is 0 Å². The van der Waals surface area contributed by atoms with Crippen LogP contribution in [0.5, 0.6) is 0 Å². The van der Waals surface area contributed by atoms with Crippen molar-refractivity contribution in [3.63, 3.8) is 0 Å². The maximum atomic E-state index is 12.9. The predicted molar refractivity (Wildman–Crippen MR) is 117 cm³/mol. The van der Waals surface area contributed by atoms with Gasteiger partial charge in [0.25, 0.3) is 0 Å². The van der Waals surface area contributed by atoms with E-state index in [1.807, 2.05) is 6.08 Å². The minimum atomic E-state index is 0.0661. The van der Waals surface area contributed by atoms with Crippen LogP contribution in [0.15, 0.2) is 23.5 Å². The van der Waals surface area contributed by atoms with Gasteiger partial charge in [-0.15, -0.1) is 0 Å². The second kappa shape index (κ2) is 6.82. The highest BCUT2D eigenvalue weighted by atomic mass is 32.2. The van der Waals surface area contributed by atoms with Gasteiger partial charge in [0, 0.05) is 23.8 Å². The third-order valence-electron chi connectivity index (χ3n) is 9.02. The second-order valence-electron chi connectivity index (χ2n) is 10.7. The Morgan fingerprint density at radius 2 is 1.89 bits per heavy atom. The first-order valence-electron chi connectivity index (χ1n) is 11.0. The van der Waals surface area contributed by atoms with Gasteiger partial charge in [0.2, 0.25) is 5.91 Å². The fourth-order valence-electron chi connectivity index (χ4n) is 7.73. The van der Waals surface area contributed by atoms with E-state index in [0.29, 0.717) is 22.0 Å². The van der Waals surface area contributed by atoms with E-state index in [1.54, 1.807) is 14.2 Å². The maximum Gasteiger partial charge on any atom is 0.247 e. The summed E-state index contributed by atoms with van der Waals surface area (Å²) in [7, 11) is 3.46. The van der Waals surface area contributed by atoms with Gasteiger partial charge in [0.1, 0.15) is 5.76 Å². The SMILES string of the molecule is CNC(=O)C1=CC(OC)=CC2SC[C@@H]3[C@@]4(C)CCCC(C)(C)[C@@H]4CC[C@@]3(C)C12. The molecule has 0 spiro atoms. The fourth-order valence-corrected chi connectivity index (χ4v) is 9.78. The van der Waals surface area contributed by atoms with Crippen molar-refractivity contribution in [2.45, 2.75) is 65.0 Å². The van der Waals surface area contributed by atoms with Gasteiger partial charge in [0.15, 0.2) is 0 Å². The van der Waals surface area contributed by atoms with Crippen LogP contribution in [-0.2, 0) is 9.53 Å². The second-order valence-corrected chi connectivity index (χ2v) is 11.9. The first kappa shape index (κ1) is 20.4. The van der Waals surface area contributed by atoms with Gasteiger partial charge in [-0.2, -0.15) is 11.8 Å². The highest BCUT2D eigenvalue weighted by Crippen LogP contribution is 2.69. The first-order chi connectivity index (χ1) is 13.2. The van der Waals surface area contributed by atoms with E-state index in [-0.39, 0.29) is 17.2 Å². The Labute approximate surface area is 175 Å². The number of likely N-dealkylation sites (N-methyl/N-ethyl adjacent to an activating group) is 1. The standard InChI is InChI=1S/C24H37NO2S/c1-22(2)9-7-10-23(3)18(22)8-11-24(4)19(23)14-28-17-13-15(27-6)12-16(20(17)24)21(26)25-5/h12-13,17-20H,7-11,14H2,1-6H3,(H,25,26)/t17?,18-,19+,20?,23-,24+/m0/s1. The van der Waals surface area contributed by atoms with E-state index < -0.39 is 0 Å². The van der Waals surface area contributed by atoms with Gasteiger partial charge in [-0.3, -0.25) is 4.79 Å². The third-order valence-corrected chi connectivity index (χ3v) is 10.3. The summed E-state index contributed by atoms with van der Waals surface area (Å²) < 4.78 is 5.56. The van der Waals surface area contributed by atoms with E-state index in [9.17, 15) is 4.79 Å². The number of nitrogens with one attached hydrogen (secondary N) is 1. The molecule has 6 atom stereocenters. The van der Waals surface area contributed by atoms with Gasteiger partial charge >= 0.3 is 0 Å². The number of fused-ring (bicyclic) bond motifs is 5. The fraction of sp³-hybridized carbons (Fsp3) is 0.792. The molecule has 1 aliphatic heterocycles. The molecule has 4 rings (SSSR count). The number of allylic oxidation sites excluding steroid dienone is 1. The number of methoxy groups -OCH3 is 1. The van der Waals surface area contributed by atoms with E-state index in [4.69, 9.17) is 4.74 Å². The highest BCUT2D eigenvalue weighted by molar-refractivity contribution is 8.00. The molecule has 156 valence electrons. The molecule has 1 saturated heterocycles. The van der Waals surface area contributed by atoms with Crippen LogP contribution in [-0.4, -0.2) is 31.1 Å². The molecule has 0 aromatic carbocycles. The molecular formula is C24H37NO2S. The molecule has 1 amide bonds. The summed E-state index contributed by atoms with van der Waals surface area (Å²) in [5.41, 5.74) is 1.92. The molecule has 4 aliphatic rings. The quantitative estimate of drug-likeness (QED) is 0.690. The molecule has 1 N–H and O–H groups in total. The smallest absolute Gasteiger partial charge is 0.247 e. The zero-order chi connectivity index (χ0) is 20.3. The maximum absolute atomic E-state index is 12.9. The van der Waals surface area contributed by atoms with Gasteiger partial charge in [-0.25, -0.2) is 0 Å². The summed E-state index contributed by atoms with van der Waals surface area (Å²) in [6.07, 6.45) is 10.9. The lowest BCUT2D eigenvalue weighted by Crippen LogP contribution is -2.61. The van der Waals surface area contributed by atoms with Gasteiger partial charge in [0.05, 0.1) is 7.11 Å². The van der Waals surface area contributed by atoms with E-state index in [1.165, 1.54) is 37.9 Å². The Kier molecular flexibility index (Phi) is 4.96. The summed E-state index contributed by atoms with van der Waals surface area (Å²) >= 11 is 2.06. The summed E-state index contributed by atoms with van der Waals surface area (Å²) in [6, 6.07) is 0. The lowest BCUT2D eigenvalue weighted by Gasteiger charge is -2.66. The average molecular weight is 404 g/mol. The molecule has 28 heavy (non-hydrogen) atoms. The van der Waals surface area contributed by atoms with Crippen molar-refractivity contribution in [2.75, 3.05) is 19.9 Å². The minimum absolute atomic E-state index is 0.0661. The Bertz CT molecular complexity index is 726. The Morgan fingerprint density at radius 3 is 2.57 bits per heavy atom. The molecule has 1 heterocycles. The van der Waals surface area contributed by atoms with E-state index in [0.717, 1.165) is 17.3 Å². The molecule has 3 nitrogen and oxygen atoms in total. The van der Waals surface area contributed by atoms with Crippen LogP contribution in [0.1, 0.15) is 59.8 Å². The summed E-state index contributed by atoms with van der Waals surface area (Å²) in [5.74, 6) is 3.84. The topological polar surface area (TPSA) is 38.3 Å². The molecule has 3 fully saturated rings. The van der Waals surface area contributed by atoms with Crippen molar-refractivity contribution in [3.8, 4) is 0 Å². The van der Waals surface area contributed by atoms with E-state index in [2.05, 4.69) is 50.8 Å². The van der Waals surface area contributed by atoms with Crippen LogP contribution in [0.3, 0.4) is 0 Å². The van der Waals surface area contributed by atoms with Gasteiger partial charge < -0.3 is 10.1 Å². The normalized spacial score (nSPS) is 44.2. The number of carbonyl (C=O) groups excluding carboxylic acids is 1. The van der Waals surface area contributed by atoms with Crippen molar-refractivity contribution in [2.24, 2.45) is 34.0 Å². The summed E-state index contributed by atoms with van der Waals surface area (Å²) in [5, 5.41) is 3.24. The summed E-state index contributed by atoms with van der Waals surface area (Å²) in [4.78, 5) is 12.9. The van der Waals surface area contributed by atoms with Gasteiger partial charge in [-0.05, 0) is 71.7 Å². The molecule has 0 bridgehead atoms. The van der Waals surface area contributed by atoms with Crippen LogP contribution < -0.4 is 5.32 Å². The highest BCUT2D eigenvalue weighted by Gasteiger charge is 2.63. The van der Waals surface area contributed by atoms with Crippen molar-refractivity contribution < 1.29 is 9.53 Å². The molecule has 0 aromatic rings. The zero-order valence-electron chi connectivity index (χ0n) is 18.4. The summed E-state index contributed by atoms with van der Waals surface area (Å²) in [6.45, 7) is 10.1. The van der Waals surface area contributed by atoms with Crippen molar-refractivity contribution in [1.29, 1.82) is 0 Å². The van der Waals surface area contributed by atoms with Crippen LogP contribution in [0.4, 0.5) is 0 Å². The molecule has 0 aromatic heterocycles. The number of ether oxygens (including phenoxy) is 1. The molecule has 0 radical (unpaired) electrons. The average Bonchev–Trinajstić information content (AvgIpc) is 2.65. The lowest BCUT2D eigenvalue weighted by atomic mass is 9.41. The van der Waals surface area contributed by atoms with Crippen LogP contribution in [0.25, 0.3) is 0 Å². The molecule has 2 saturated carbocycles. The number of thioether (sulfide) groups is 1. The minimum Gasteiger partial charge on any atom is -0.497 e. The molecule has 4 heteroatoms. The zero-order valence-corrected chi connectivity index (χ0v) is 19.2. The number of carbonyl (C=O) groups is 1. The molecular weight excluding hydrogens is 366 g/mol. The van der Waals surface area contributed by atoms with Crippen LogP contribution in [0.2, 0.25) is 0 Å². The lowest BCUT2D eigenvalue weighted by molar-refractivity contribution is -0.138. The largest absolute Gasteiger partial charge is 0.497 e. The van der Waals surface area contributed by atoms with Crippen molar-refractivity contribution >= 4 is 17.7 Å². The first-order valence-corrected chi connectivity index (χ1v) is 12.0. The van der Waals surface area contributed by atoms with Crippen molar-refractivity contribution in [3.05, 3.63) is 23.5 Å². The Balaban J connectivity index is 1.77. The number of amides is 1. The number of rotatable bonds is 2. The van der Waals surface area contributed by atoms with Crippen LogP contribution in [0, 0.1) is 34.0 Å². The predicted octanol–water partition coefficient (Wildman–Crippen LogP) is 5.18. The molecule has 3 aliphatic carbocycles. The third kappa shape index (κ3) is 2.80.